The molecular formula is C20H28Se. The molecule has 1 aromatic carbocycles. The quantitative estimate of drug-likeness (QED) is 0.607. The summed E-state index contributed by atoms with van der Waals surface area (Å²) in [7, 11) is 0. The number of aryl methyl sites for hydroxylation is 1. The Morgan fingerprint density at radius 3 is 2.24 bits per heavy atom. The second kappa shape index (κ2) is 7.47. The summed E-state index contributed by atoms with van der Waals surface area (Å²) in [6, 6.07) is 8.75. The van der Waals surface area contributed by atoms with Gasteiger partial charge in [-0.15, -0.1) is 0 Å². The third-order valence-electron chi connectivity index (χ3n) is 4.50. The van der Waals surface area contributed by atoms with Gasteiger partial charge >= 0.3 is 137 Å². The Balaban J connectivity index is 1.79. The molecule has 0 spiro atoms. The third kappa shape index (κ3) is 5.49. The average molecular weight is 347 g/mol. The van der Waals surface area contributed by atoms with Gasteiger partial charge in [0.25, 0.3) is 0 Å². The van der Waals surface area contributed by atoms with Crippen LogP contribution in [0.4, 0.5) is 0 Å². The Morgan fingerprint density at radius 1 is 1.05 bits per heavy atom. The van der Waals surface area contributed by atoms with Crippen LogP contribution in [0.25, 0.3) is 6.08 Å². The van der Waals surface area contributed by atoms with E-state index in [1.807, 2.05) is 0 Å². The first-order valence-electron chi connectivity index (χ1n) is 8.02. The Labute approximate surface area is 136 Å². The predicted octanol–water partition coefficient (Wildman–Crippen LogP) is 5.79. The van der Waals surface area contributed by atoms with E-state index in [4.69, 9.17) is 0 Å². The van der Waals surface area contributed by atoms with Crippen LogP contribution >= 0.6 is 0 Å². The Hall–Kier alpha value is -0.781. The molecule has 1 fully saturated rings. The summed E-state index contributed by atoms with van der Waals surface area (Å²) < 4.78 is 0. The van der Waals surface area contributed by atoms with Crippen LogP contribution < -0.4 is 0 Å². The maximum atomic E-state index is 2.51. The molecule has 114 valence electrons. The van der Waals surface area contributed by atoms with Gasteiger partial charge in [0.1, 0.15) is 0 Å². The van der Waals surface area contributed by atoms with E-state index in [0.717, 1.165) is 5.92 Å². The molecule has 0 nitrogen and oxygen atoms in total. The van der Waals surface area contributed by atoms with Crippen molar-refractivity contribution in [1.29, 1.82) is 0 Å². The van der Waals surface area contributed by atoms with Gasteiger partial charge in [-0.1, -0.05) is 0 Å². The second-order valence-corrected chi connectivity index (χ2v) is 8.90. The molecule has 0 bridgehead atoms. The number of rotatable bonds is 3. The Bertz CT molecular complexity index is 490. The third-order valence-corrected chi connectivity index (χ3v) is 6.10. The van der Waals surface area contributed by atoms with Crippen LogP contribution in [0.1, 0.15) is 57.6 Å². The Morgan fingerprint density at radius 2 is 1.67 bits per heavy atom. The first-order valence-corrected chi connectivity index (χ1v) is 9.99. The number of benzene rings is 1. The standard InChI is InChI=1S/C20H28Se/c1-16-5-7-17(8-6-16)13-14-21-15-18-9-11-19(12-10-18)20(2,3)4/h5-8,13-15,19H,9-12H2,1-4H3/b14-13+,18-15?. The van der Waals surface area contributed by atoms with Crippen LogP contribution in [0.15, 0.2) is 39.8 Å². The summed E-state index contributed by atoms with van der Waals surface area (Å²) in [4.78, 5) is 4.86. The zero-order valence-corrected chi connectivity index (χ0v) is 15.6. The zero-order valence-electron chi connectivity index (χ0n) is 13.9. The molecule has 0 heterocycles. The van der Waals surface area contributed by atoms with Crippen LogP contribution in [0.2, 0.25) is 0 Å². The van der Waals surface area contributed by atoms with Gasteiger partial charge in [0.05, 0.1) is 0 Å². The molecule has 1 aromatic rings. The van der Waals surface area contributed by atoms with Crippen LogP contribution in [-0.4, -0.2) is 15.0 Å². The molecule has 1 aliphatic rings. The van der Waals surface area contributed by atoms with Crippen molar-refractivity contribution < 1.29 is 0 Å². The molecule has 21 heavy (non-hydrogen) atoms. The molecule has 0 amide bonds. The van der Waals surface area contributed by atoms with E-state index in [0.29, 0.717) is 20.4 Å². The van der Waals surface area contributed by atoms with Crippen molar-refractivity contribution in [3.63, 3.8) is 0 Å². The summed E-state index contributed by atoms with van der Waals surface area (Å²) in [6.45, 7) is 9.30. The van der Waals surface area contributed by atoms with E-state index < -0.39 is 0 Å². The summed E-state index contributed by atoms with van der Waals surface area (Å²) in [6.07, 6.45) is 7.67. The molecule has 1 heteroatoms. The minimum atomic E-state index is 0.488. The molecule has 0 aliphatic heterocycles. The summed E-state index contributed by atoms with van der Waals surface area (Å²) in [5.74, 6) is 0.908. The SMILES string of the molecule is Cc1ccc(/C=C/[Se]C=C2CCC(C(C)(C)C)CC2)cc1. The average Bonchev–Trinajstić information content (AvgIpc) is 2.45. The van der Waals surface area contributed by atoms with E-state index in [1.165, 1.54) is 36.8 Å². The zero-order chi connectivity index (χ0) is 15.3. The molecule has 0 radical (unpaired) electrons. The van der Waals surface area contributed by atoms with E-state index in [1.54, 1.807) is 5.57 Å². The fourth-order valence-electron chi connectivity index (χ4n) is 2.90. The van der Waals surface area contributed by atoms with Crippen molar-refractivity contribution in [3.8, 4) is 0 Å². The fraction of sp³-hybridized carbons (Fsp3) is 0.500. The summed E-state index contributed by atoms with van der Waals surface area (Å²) in [5.41, 5.74) is 4.83. The summed E-state index contributed by atoms with van der Waals surface area (Å²) >= 11 is 0.509. The van der Waals surface area contributed by atoms with Crippen molar-refractivity contribution in [2.75, 3.05) is 0 Å². The molecule has 1 saturated carbocycles. The van der Waals surface area contributed by atoms with Crippen LogP contribution in [0, 0.1) is 18.3 Å². The Kier molecular flexibility index (Phi) is 5.90. The van der Waals surface area contributed by atoms with E-state index in [-0.39, 0.29) is 0 Å². The van der Waals surface area contributed by atoms with Gasteiger partial charge < -0.3 is 0 Å². The number of hydrogen-bond acceptors (Lipinski definition) is 0. The van der Waals surface area contributed by atoms with Crippen molar-refractivity contribution >= 4 is 21.0 Å². The van der Waals surface area contributed by atoms with Gasteiger partial charge in [-0.25, -0.2) is 0 Å². The molecule has 2 rings (SSSR count). The maximum absolute atomic E-state index is 2.51. The fourth-order valence-corrected chi connectivity index (χ4v) is 4.46. The molecule has 0 N–H and O–H groups in total. The summed E-state index contributed by atoms with van der Waals surface area (Å²) in [5, 5.41) is 0. The monoisotopic (exact) mass is 348 g/mol. The van der Waals surface area contributed by atoms with Gasteiger partial charge in [0.15, 0.2) is 0 Å². The predicted molar refractivity (Wildman–Crippen MR) is 95.5 cm³/mol. The van der Waals surface area contributed by atoms with Crippen LogP contribution in [0.3, 0.4) is 0 Å². The van der Waals surface area contributed by atoms with Crippen LogP contribution in [0.5, 0.6) is 0 Å². The van der Waals surface area contributed by atoms with Gasteiger partial charge in [0.2, 0.25) is 0 Å². The van der Waals surface area contributed by atoms with E-state index in [2.05, 4.69) is 68.0 Å². The van der Waals surface area contributed by atoms with Crippen molar-refractivity contribution in [1.82, 2.24) is 0 Å². The van der Waals surface area contributed by atoms with Gasteiger partial charge in [-0.05, 0) is 0 Å². The second-order valence-electron chi connectivity index (χ2n) is 7.27. The molecule has 0 saturated heterocycles. The van der Waals surface area contributed by atoms with Crippen molar-refractivity contribution in [2.45, 2.75) is 53.4 Å². The van der Waals surface area contributed by atoms with Gasteiger partial charge in [-0.3, -0.25) is 0 Å². The normalized spacial score (nSPS) is 20.0. The first-order chi connectivity index (χ1) is 9.95. The topological polar surface area (TPSA) is 0 Å². The molecule has 1 aliphatic carbocycles. The van der Waals surface area contributed by atoms with Crippen molar-refractivity contribution in [3.05, 3.63) is 50.9 Å². The van der Waals surface area contributed by atoms with E-state index >= 15 is 0 Å². The van der Waals surface area contributed by atoms with Crippen molar-refractivity contribution in [2.24, 2.45) is 11.3 Å². The minimum absolute atomic E-state index is 0.488. The molecule has 0 unspecified atom stereocenters. The van der Waals surface area contributed by atoms with E-state index in [9.17, 15) is 0 Å². The molecular weight excluding hydrogens is 319 g/mol. The number of allylic oxidation sites excluding steroid dienone is 1. The molecule has 0 atom stereocenters. The first kappa shape index (κ1) is 16.6. The molecule has 0 aromatic heterocycles. The van der Waals surface area contributed by atoms with Gasteiger partial charge in [0, 0.05) is 0 Å². The number of hydrogen-bond donors (Lipinski definition) is 0. The van der Waals surface area contributed by atoms with Gasteiger partial charge in [-0.2, -0.15) is 0 Å². The van der Waals surface area contributed by atoms with Crippen LogP contribution in [-0.2, 0) is 0 Å².